The molecule has 0 heterocycles. The molecule has 0 aromatic heterocycles. The minimum Gasteiger partial charge on any atom is -0.340 e. The molecule has 3 heteroatoms. The number of nitrogens with two attached hydrogens (primary N) is 1. The number of hydrogen-bond acceptors (Lipinski definition) is 2. The minimum atomic E-state index is 0.132. The van der Waals surface area contributed by atoms with Crippen molar-refractivity contribution in [3.8, 4) is 0 Å². The largest absolute Gasteiger partial charge is 0.340 e. The molecule has 0 aromatic rings. The van der Waals surface area contributed by atoms with Crippen LogP contribution in [0.5, 0.6) is 0 Å². The van der Waals surface area contributed by atoms with Gasteiger partial charge in [-0.05, 0) is 44.9 Å². The van der Waals surface area contributed by atoms with Gasteiger partial charge in [0.05, 0.1) is 0 Å². The maximum atomic E-state index is 12.8. The van der Waals surface area contributed by atoms with Crippen LogP contribution in [0.15, 0.2) is 0 Å². The summed E-state index contributed by atoms with van der Waals surface area (Å²) in [5, 5.41) is 0. The number of hydrogen-bond donors (Lipinski definition) is 1. The van der Waals surface area contributed by atoms with E-state index in [1.54, 1.807) is 0 Å². The molecule has 3 nitrogen and oxygen atoms in total. The highest BCUT2D eigenvalue weighted by atomic mass is 16.2. The van der Waals surface area contributed by atoms with Crippen LogP contribution in [0, 0.1) is 11.8 Å². The lowest BCUT2D eigenvalue weighted by Crippen LogP contribution is -2.45. The Morgan fingerprint density at radius 2 is 2.00 bits per heavy atom. The van der Waals surface area contributed by atoms with Crippen LogP contribution in [0.2, 0.25) is 0 Å². The van der Waals surface area contributed by atoms with E-state index in [1.807, 2.05) is 0 Å². The van der Waals surface area contributed by atoms with Crippen molar-refractivity contribution in [1.82, 2.24) is 4.90 Å². The fraction of sp³-hybridized carbons (Fsp3) is 0.941. The van der Waals surface area contributed by atoms with Crippen LogP contribution >= 0.6 is 0 Å². The minimum absolute atomic E-state index is 0.132. The number of nitrogens with zero attached hydrogens (tertiary/aromatic N) is 1. The van der Waals surface area contributed by atoms with Crippen molar-refractivity contribution in [2.24, 2.45) is 17.6 Å². The lowest BCUT2D eigenvalue weighted by molar-refractivity contribution is -0.139. The Balaban J connectivity index is 2.66. The first-order valence-corrected chi connectivity index (χ1v) is 8.57. The highest BCUT2D eigenvalue weighted by Crippen LogP contribution is 2.31. The monoisotopic (exact) mass is 282 g/mol. The van der Waals surface area contributed by atoms with Crippen molar-refractivity contribution in [3.05, 3.63) is 0 Å². The SMILES string of the molecule is CCCCN(C(=O)C(C)C1CCCC(N)C1)C(C)CC. The molecule has 1 amide bonds. The molecule has 1 saturated carbocycles. The molecule has 0 spiro atoms. The van der Waals surface area contributed by atoms with Gasteiger partial charge in [-0.25, -0.2) is 0 Å². The van der Waals surface area contributed by atoms with Crippen LogP contribution in [0.25, 0.3) is 0 Å². The number of amides is 1. The van der Waals surface area contributed by atoms with Crippen LogP contribution < -0.4 is 5.73 Å². The quantitative estimate of drug-likeness (QED) is 0.776. The second-order valence-corrected chi connectivity index (χ2v) is 6.62. The summed E-state index contributed by atoms with van der Waals surface area (Å²) in [5.74, 6) is 0.971. The van der Waals surface area contributed by atoms with Gasteiger partial charge in [0.2, 0.25) is 5.91 Å². The molecule has 0 aliphatic heterocycles. The smallest absolute Gasteiger partial charge is 0.225 e. The number of rotatable bonds is 7. The number of unbranched alkanes of at least 4 members (excludes halogenated alkanes) is 1. The molecule has 4 atom stereocenters. The molecule has 20 heavy (non-hydrogen) atoms. The predicted octanol–water partition coefficient (Wildman–Crippen LogP) is 3.57. The maximum Gasteiger partial charge on any atom is 0.225 e. The molecule has 118 valence electrons. The normalized spacial score (nSPS) is 26.1. The molecule has 4 unspecified atom stereocenters. The molecular weight excluding hydrogens is 248 g/mol. The van der Waals surface area contributed by atoms with Gasteiger partial charge in [0.25, 0.3) is 0 Å². The van der Waals surface area contributed by atoms with Gasteiger partial charge >= 0.3 is 0 Å². The topological polar surface area (TPSA) is 46.3 Å². The van der Waals surface area contributed by atoms with Crippen molar-refractivity contribution < 1.29 is 4.79 Å². The highest BCUT2D eigenvalue weighted by Gasteiger charge is 2.32. The summed E-state index contributed by atoms with van der Waals surface area (Å²) >= 11 is 0. The second kappa shape index (κ2) is 8.66. The fourth-order valence-corrected chi connectivity index (χ4v) is 3.28. The van der Waals surface area contributed by atoms with E-state index in [4.69, 9.17) is 5.73 Å². The molecule has 0 saturated heterocycles. The molecule has 1 aliphatic rings. The van der Waals surface area contributed by atoms with Crippen molar-refractivity contribution in [2.75, 3.05) is 6.54 Å². The van der Waals surface area contributed by atoms with Gasteiger partial charge in [0, 0.05) is 24.5 Å². The lowest BCUT2D eigenvalue weighted by Gasteiger charge is -2.36. The Hall–Kier alpha value is -0.570. The molecule has 0 aromatic carbocycles. The first-order valence-electron chi connectivity index (χ1n) is 8.57. The van der Waals surface area contributed by atoms with Gasteiger partial charge < -0.3 is 10.6 Å². The predicted molar refractivity (Wildman–Crippen MR) is 85.5 cm³/mol. The van der Waals surface area contributed by atoms with Gasteiger partial charge in [-0.3, -0.25) is 4.79 Å². The van der Waals surface area contributed by atoms with Gasteiger partial charge in [0.15, 0.2) is 0 Å². The Morgan fingerprint density at radius 1 is 1.30 bits per heavy atom. The molecule has 1 aliphatic carbocycles. The summed E-state index contributed by atoms with van der Waals surface area (Å²) in [6.45, 7) is 9.55. The van der Waals surface area contributed by atoms with Crippen molar-refractivity contribution in [3.63, 3.8) is 0 Å². The summed E-state index contributed by atoms with van der Waals surface area (Å²) in [4.78, 5) is 15.0. The van der Waals surface area contributed by atoms with Crippen LogP contribution in [-0.2, 0) is 4.79 Å². The van der Waals surface area contributed by atoms with E-state index in [9.17, 15) is 4.79 Å². The Bertz CT molecular complexity index is 293. The molecule has 0 radical (unpaired) electrons. The van der Waals surface area contributed by atoms with Crippen LogP contribution in [0.4, 0.5) is 0 Å². The standard InChI is InChI=1S/C17H34N2O/c1-5-7-11-19(13(3)6-2)17(20)14(4)15-9-8-10-16(18)12-15/h13-16H,5-12,18H2,1-4H3. The van der Waals surface area contributed by atoms with E-state index in [1.165, 1.54) is 12.8 Å². The third-order valence-electron chi connectivity index (χ3n) is 5.01. The van der Waals surface area contributed by atoms with Crippen LogP contribution in [0.3, 0.4) is 0 Å². The Labute approximate surface area is 125 Å². The van der Waals surface area contributed by atoms with E-state index >= 15 is 0 Å². The van der Waals surface area contributed by atoms with Gasteiger partial charge in [-0.1, -0.05) is 33.6 Å². The van der Waals surface area contributed by atoms with Crippen molar-refractivity contribution in [1.29, 1.82) is 0 Å². The second-order valence-electron chi connectivity index (χ2n) is 6.62. The zero-order valence-electron chi connectivity index (χ0n) is 13.9. The average Bonchev–Trinajstić information content (AvgIpc) is 2.46. The Kier molecular flexibility index (Phi) is 7.57. The van der Waals surface area contributed by atoms with E-state index in [-0.39, 0.29) is 5.92 Å². The molecule has 0 bridgehead atoms. The first-order chi connectivity index (χ1) is 9.51. The summed E-state index contributed by atoms with van der Waals surface area (Å²) in [6, 6.07) is 0.658. The fourth-order valence-electron chi connectivity index (χ4n) is 3.28. The highest BCUT2D eigenvalue weighted by molar-refractivity contribution is 5.79. The summed E-state index contributed by atoms with van der Waals surface area (Å²) < 4.78 is 0. The van der Waals surface area contributed by atoms with Crippen LogP contribution in [-0.4, -0.2) is 29.4 Å². The third-order valence-corrected chi connectivity index (χ3v) is 5.01. The summed E-state index contributed by atoms with van der Waals surface area (Å²) in [5.41, 5.74) is 6.08. The van der Waals surface area contributed by atoms with E-state index in [0.717, 1.165) is 38.6 Å². The third kappa shape index (κ3) is 4.76. The summed E-state index contributed by atoms with van der Waals surface area (Å²) in [6.07, 6.45) is 7.78. The van der Waals surface area contributed by atoms with Crippen LogP contribution in [0.1, 0.15) is 72.6 Å². The number of carbonyl (C=O) groups is 1. The Morgan fingerprint density at radius 3 is 2.55 bits per heavy atom. The lowest BCUT2D eigenvalue weighted by atomic mass is 9.78. The molecule has 1 fully saturated rings. The zero-order chi connectivity index (χ0) is 15.1. The first kappa shape index (κ1) is 17.5. The van der Waals surface area contributed by atoms with Crippen molar-refractivity contribution in [2.45, 2.75) is 84.7 Å². The molecular formula is C17H34N2O. The summed E-state index contributed by atoms with van der Waals surface area (Å²) in [7, 11) is 0. The van der Waals surface area contributed by atoms with Gasteiger partial charge in [-0.15, -0.1) is 0 Å². The van der Waals surface area contributed by atoms with Gasteiger partial charge in [-0.2, -0.15) is 0 Å². The molecule has 1 rings (SSSR count). The molecule has 2 N–H and O–H groups in total. The maximum absolute atomic E-state index is 12.8. The number of carbonyl (C=O) groups excluding carboxylic acids is 1. The van der Waals surface area contributed by atoms with E-state index in [2.05, 4.69) is 32.6 Å². The average molecular weight is 282 g/mol. The van der Waals surface area contributed by atoms with E-state index in [0.29, 0.717) is 23.9 Å². The van der Waals surface area contributed by atoms with Gasteiger partial charge in [0.1, 0.15) is 0 Å². The van der Waals surface area contributed by atoms with E-state index < -0.39 is 0 Å². The zero-order valence-corrected chi connectivity index (χ0v) is 13.9. The van der Waals surface area contributed by atoms with Crippen molar-refractivity contribution >= 4 is 5.91 Å².